The Bertz CT molecular complexity index is 273. The highest BCUT2D eigenvalue weighted by molar-refractivity contribution is 5.02. The highest BCUT2D eigenvalue weighted by Crippen LogP contribution is 2.16. The zero-order chi connectivity index (χ0) is 10.6. The number of hydrogen-bond acceptors (Lipinski definition) is 6. The summed E-state index contributed by atoms with van der Waals surface area (Å²) in [6.07, 6.45) is 1.13. The van der Waals surface area contributed by atoms with Crippen molar-refractivity contribution < 1.29 is 9.47 Å². The fourth-order valence-corrected chi connectivity index (χ4v) is 1.25. The molecule has 14 heavy (non-hydrogen) atoms. The van der Waals surface area contributed by atoms with Crippen LogP contribution in [0.2, 0.25) is 0 Å². The monoisotopic (exact) mass is 201 g/mol. The van der Waals surface area contributed by atoms with Gasteiger partial charge in [-0.3, -0.25) is 10.5 Å². The Morgan fingerprint density at radius 1 is 1.50 bits per heavy atom. The second kappa shape index (κ2) is 5.01. The average molecular weight is 201 g/mol. The molecule has 0 bridgehead atoms. The zero-order valence-electron chi connectivity index (χ0n) is 8.47. The van der Waals surface area contributed by atoms with E-state index in [1.54, 1.807) is 32.1 Å². The van der Waals surface area contributed by atoms with Crippen molar-refractivity contribution in [3.8, 4) is 0 Å². The summed E-state index contributed by atoms with van der Waals surface area (Å²) in [5.41, 5.74) is 3.39. The number of nitrogens with zero attached hydrogens (tertiary/aromatic N) is 3. The standard InChI is InChI=1S/C7H15N5O2/c1-12-5(4-9-11-12)6(10-8)7(13-2)14-3/h4,6-7,10H,8H2,1-3H3. The van der Waals surface area contributed by atoms with Gasteiger partial charge in [0, 0.05) is 21.3 Å². The van der Waals surface area contributed by atoms with Crippen LogP contribution in [0.25, 0.3) is 0 Å². The van der Waals surface area contributed by atoms with E-state index in [4.69, 9.17) is 15.3 Å². The minimum Gasteiger partial charge on any atom is -0.354 e. The molecule has 0 aliphatic heterocycles. The SMILES string of the molecule is COC(OC)C(NN)c1cnnn1C. The van der Waals surface area contributed by atoms with E-state index in [0.29, 0.717) is 0 Å². The Hall–Kier alpha value is -1.02. The van der Waals surface area contributed by atoms with E-state index in [1.165, 1.54) is 0 Å². The smallest absolute Gasteiger partial charge is 0.179 e. The Balaban J connectivity index is 2.86. The Morgan fingerprint density at radius 2 is 2.14 bits per heavy atom. The number of ether oxygens (including phenoxy) is 2. The van der Waals surface area contributed by atoms with Gasteiger partial charge in [-0.15, -0.1) is 5.10 Å². The third-order valence-corrected chi connectivity index (χ3v) is 1.98. The lowest BCUT2D eigenvalue weighted by molar-refractivity contribution is -0.125. The summed E-state index contributed by atoms with van der Waals surface area (Å²) in [6, 6.07) is -0.301. The van der Waals surface area contributed by atoms with E-state index in [0.717, 1.165) is 5.69 Å². The van der Waals surface area contributed by atoms with Crippen molar-refractivity contribution in [2.75, 3.05) is 14.2 Å². The number of hydrazine groups is 1. The minimum atomic E-state index is -0.475. The maximum atomic E-state index is 5.41. The molecular formula is C7H15N5O2. The number of methoxy groups -OCH3 is 2. The topological polar surface area (TPSA) is 87.2 Å². The molecule has 1 atom stereocenters. The molecule has 0 aliphatic rings. The van der Waals surface area contributed by atoms with Crippen molar-refractivity contribution in [3.05, 3.63) is 11.9 Å². The van der Waals surface area contributed by atoms with Gasteiger partial charge in [-0.25, -0.2) is 5.43 Å². The van der Waals surface area contributed by atoms with Gasteiger partial charge in [-0.05, 0) is 0 Å². The van der Waals surface area contributed by atoms with Crippen LogP contribution < -0.4 is 11.3 Å². The summed E-state index contributed by atoms with van der Waals surface area (Å²) in [6.45, 7) is 0. The van der Waals surface area contributed by atoms with Crippen LogP contribution >= 0.6 is 0 Å². The normalized spacial score (nSPS) is 13.5. The molecule has 1 heterocycles. The number of nitrogens with two attached hydrogens (primary N) is 1. The van der Waals surface area contributed by atoms with Crippen molar-refractivity contribution in [1.82, 2.24) is 20.4 Å². The molecule has 0 radical (unpaired) electrons. The molecule has 0 spiro atoms. The van der Waals surface area contributed by atoms with E-state index in [1.807, 2.05) is 0 Å². The zero-order valence-corrected chi connectivity index (χ0v) is 8.47. The Morgan fingerprint density at radius 3 is 2.50 bits per heavy atom. The summed E-state index contributed by atoms with van der Waals surface area (Å²) in [5, 5.41) is 7.54. The first-order valence-electron chi connectivity index (χ1n) is 4.10. The predicted octanol–water partition coefficient (Wildman–Crippen LogP) is -1.06. The molecule has 1 aromatic rings. The van der Waals surface area contributed by atoms with Crippen LogP contribution in [0.5, 0.6) is 0 Å². The van der Waals surface area contributed by atoms with E-state index in [9.17, 15) is 0 Å². The van der Waals surface area contributed by atoms with E-state index >= 15 is 0 Å². The molecule has 7 heteroatoms. The van der Waals surface area contributed by atoms with E-state index < -0.39 is 6.29 Å². The minimum absolute atomic E-state index is 0.301. The molecule has 3 N–H and O–H groups in total. The maximum absolute atomic E-state index is 5.41. The van der Waals surface area contributed by atoms with Crippen LogP contribution in [-0.4, -0.2) is 35.5 Å². The third-order valence-electron chi connectivity index (χ3n) is 1.98. The fraction of sp³-hybridized carbons (Fsp3) is 0.714. The van der Waals surface area contributed by atoms with Crippen molar-refractivity contribution in [3.63, 3.8) is 0 Å². The van der Waals surface area contributed by atoms with Crippen LogP contribution in [0.3, 0.4) is 0 Å². The second-order valence-electron chi connectivity index (χ2n) is 2.77. The van der Waals surface area contributed by atoms with Crippen LogP contribution in [0.15, 0.2) is 6.20 Å². The fourth-order valence-electron chi connectivity index (χ4n) is 1.25. The van der Waals surface area contributed by atoms with Gasteiger partial charge in [0.15, 0.2) is 6.29 Å². The van der Waals surface area contributed by atoms with E-state index in [-0.39, 0.29) is 6.04 Å². The van der Waals surface area contributed by atoms with Crippen LogP contribution in [0, 0.1) is 0 Å². The van der Waals surface area contributed by atoms with Gasteiger partial charge < -0.3 is 9.47 Å². The van der Waals surface area contributed by atoms with Crippen molar-refractivity contribution in [2.45, 2.75) is 12.3 Å². The molecule has 0 fully saturated rings. The molecule has 0 saturated carbocycles. The van der Waals surface area contributed by atoms with Crippen molar-refractivity contribution >= 4 is 0 Å². The lowest BCUT2D eigenvalue weighted by Crippen LogP contribution is -2.39. The molecule has 0 amide bonds. The number of nitrogens with one attached hydrogen (secondary N) is 1. The number of hydrogen-bond donors (Lipinski definition) is 2. The number of aromatic nitrogens is 3. The summed E-state index contributed by atoms with van der Waals surface area (Å²) < 4.78 is 11.8. The van der Waals surface area contributed by atoms with Gasteiger partial charge in [0.25, 0.3) is 0 Å². The van der Waals surface area contributed by atoms with Crippen molar-refractivity contribution in [2.24, 2.45) is 12.9 Å². The lowest BCUT2D eigenvalue weighted by Gasteiger charge is -2.23. The molecule has 80 valence electrons. The lowest BCUT2D eigenvalue weighted by atomic mass is 10.2. The summed E-state index contributed by atoms with van der Waals surface area (Å²) in [5.74, 6) is 5.41. The number of aryl methyl sites for hydroxylation is 1. The molecule has 0 aromatic carbocycles. The van der Waals surface area contributed by atoms with Gasteiger partial charge in [0.05, 0.1) is 11.9 Å². The summed E-state index contributed by atoms with van der Waals surface area (Å²) >= 11 is 0. The molecule has 1 aromatic heterocycles. The second-order valence-corrected chi connectivity index (χ2v) is 2.77. The van der Waals surface area contributed by atoms with Gasteiger partial charge >= 0.3 is 0 Å². The molecule has 7 nitrogen and oxygen atoms in total. The Labute approximate surface area is 82.1 Å². The van der Waals surface area contributed by atoms with Gasteiger partial charge in [0.2, 0.25) is 0 Å². The summed E-state index contributed by atoms with van der Waals surface area (Å²) in [4.78, 5) is 0. The number of rotatable bonds is 5. The van der Waals surface area contributed by atoms with Crippen LogP contribution in [0.4, 0.5) is 0 Å². The average Bonchev–Trinajstić information content (AvgIpc) is 2.61. The molecule has 1 unspecified atom stereocenters. The maximum Gasteiger partial charge on any atom is 0.179 e. The van der Waals surface area contributed by atoms with Gasteiger partial charge in [-0.1, -0.05) is 5.21 Å². The largest absolute Gasteiger partial charge is 0.354 e. The first-order chi connectivity index (χ1) is 6.74. The first kappa shape index (κ1) is 11.1. The Kier molecular flexibility index (Phi) is 3.96. The molecule has 0 saturated heterocycles. The highest BCUT2D eigenvalue weighted by Gasteiger charge is 2.24. The van der Waals surface area contributed by atoms with Crippen molar-refractivity contribution in [1.29, 1.82) is 0 Å². The third kappa shape index (κ3) is 2.07. The first-order valence-corrected chi connectivity index (χ1v) is 4.10. The predicted molar refractivity (Wildman–Crippen MR) is 48.9 cm³/mol. The quantitative estimate of drug-likeness (QED) is 0.358. The van der Waals surface area contributed by atoms with Crippen LogP contribution in [0.1, 0.15) is 11.7 Å². The summed E-state index contributed by atoms with van der Waals surface area (Å²) in [7, 11) is 4.86. The van der Waals surface area contributed by atoms with Gasteiger partial charge in [0.1, 0.15) is 6.04 Å². The molecular weight excluding hydrogens is 186 g/mol. The van der Waals surface area contributed by atoms with Gasteiger partial charge in [-0.2, -0.15) is 0 Å². The molecule has 0 aliphatic carbocycles. The molecule has 1 rings (SSSR count). The van der Waals surface area contributed by atoms with Crippen LogP contribution in [-0.2, 0) is 16.5 Å². The van der Waals surface area contributed by atoms with E-state index in [2.05, 4.69) is 15.7 Å². The highest BCUT2D eigenvalue weighted by atomic mass is 16.7.